The molecule has 0 aliphatic carbocycles. The minimum Gasteiger partial charge on any atom is -0.379 e. The van der Waals surface area contributed by atoms with Crippen molar-refractivity contribution in [1.82, 2.24) is 5.32 Å². The van der Waals surface area contributed by atoms with Crippen LogP contribution in [0.4, 0.5) is 0 Å². The summed E-state index contributed by atoms with van der Waals surface area (Å²) in [7, 11) is 0. The van der Waals surface area contributed by atoms with Gasteiger partial charge in [-0.05, 0) is 26.7 Å². The predicted molar refractivity (Wildman–Crippen MR) is 50.3 cm³/mol. The smallest absolute Gasteiger partial charge is 0.240 e. The minimum absolute atomic E-state index is 0.245. The van der Waals surface area contributed by atoms with Crippen molar-refractivity contribution < 1.29 is 9.53 Å². The zero-order valence-corrected chi connectivity index (χ0v) is 8.30. The molecule has 1 saturated heterocycles. The summed E-state index contributed by atoms with van der Waals surface area (Å²) in [6, 6.07) is 0.245. The quantitative estimate of drug-likeness (QED) is 0.653. The topological polar surface area (TPSA) is 64.3 Å². The molecule has 1 atom stereocenters. The Balaban J connectivity index is 2.67. The lowest BCUT2D eigenvalue weighted by atomic mass is 9.91. The highest BCUT2D eigenvalue weighted by Gasteiger charge is 2.38. The van der Waals surface area contributed by atoms with Gasteiger partial charge in [0.1, 0.15) is 5.54 Å². The summed E-state index contributed by atoms with van der Waals surface area (Å²) < 4.78 is 5.28. The Hall–Kier alpha value is -0.610. The highest BCUT2D eigenvalue weighted by atomic mass is 16.5. The molecule has 4 nitrogen and oxygen atoms in total. The van der Waals surface area contributed by atoms with Crippen molar-refractivity contribution in [2.45, 2.75) is 38.3 Å². The summed E-state index contributed by atoms with van der Waals surface area (Å²) >= 11 is 0. The monoisotopic (exact) mass is 186 g/mol. The first kappa shape index (κ1) is 10.5. The van der Waals surface area contributed by atoms with Crippen LogP contribution in [0.25, 0.3) is 0 Å². The van der Waals surface area contributed by atoms with E-state index in [0.29, 0.717) is 6.61 Å². The highest BCUT2D eigenvalue weighted by molar-refractivity contribution is 5.85. The third kappa shape index (κ3) is 2.42. The minimum atomic E-state index is -0.633. The summed E-state index contributed by atoms with van der Waals surface area (Å²) in [5.74, 6) is -0.305. The number of primary amides is 1. The molecule has 13 heavy (non-hydrogen) atoms. The molecule has 1 unspecified atom stereocenters. The standard InChI is InChI=1S/C9H18N2O2/c1-7(2)11-9(8(10)12)4-3-5-13-6-9/h7,11H,3-6H2,1-2H3,(H2,10,12). The zero-order valence-electron chi connectivity index (χ0n) is 8.30. The number of hydrogen-bond donors (Lipinski definition) is 2. The van der Waals surface area contributed by atoms with E-state index in [4.69, 9.17) is 10.5 Å². The van der Waals surface area contributed by atoms with Crippen molar-refractivity contribution in [3.05, 3.63) is 0 Å². The lowest BCUT2D eigenvalue weighted by Gasteiger charge is -2.36. The van der Waals surface area contributed by atoms with Gasteiger partial charge in [0.15, 0.2) is 0 Å². The largest absolute Gasteiger partial charge is 0.379 e. The van der Waals surface area contributed by atoms with Crippen molar-refractivity contribution in [2.75, 3.05) is 13.2 Å². The number of carbonyl (C=O) groups is 1. The molecule has 0 aromatic heterocycles. The van der Waals surface area contributed by atoms with Gasteiger partial charge in [-0.3, -0.25) is 10.1 Å². The van der Waals surface area contributed by atoms with Gasteiger partial charge < -0.3 is 10.5 Å². The fourth-order valence-electron chi connectivity index (χ4n) is 1.73. The average Bonchev–Trinajstić information content (AvgIpc) is 2.04. The number of ether oxygens (including phenoxy) is 1. The molecule has 0 aromatic carbocycles. The Morgan fingerprint density at radius 1 is 1.62 bits per heavy atom. The lowest BCUT2D eigenvalue weighted by Crippen LogP contribution is -2.62. The summed E-state index contributed by atoms with van der Waals surface area (Å²) in [6.07, 6.45) is 1.67. The third-order valence-corrected chi connectivity index (χ3v) is 2.28. The average molecular weight is 186 g/mol. The van der Waals surface area contributed by atoms with Crippen LogP contribution in [0.1, 0.15) is 26.7 Å². The van der Waals surface area contributed by atoms with Gasteiger partial charge in [-0.25, -0.2) is 0 Å². The van der Waals surface area contributed by atoms with E-state index in [2.05, 4.69) is 5.32 Å². The molecule has 1 amide bonds. The molecule has 0 spiro atoms. The van der Waals surface area contributed by atoms with E-state index in [9.17, 15) is 4.79 Å². The van der Waals surface area contributed by atoms with Gasteiger partial charge in [0, 0.05) is 12.6 Å². The van der Waals surface area contributed by atoms with E-state index >= 15 is 0 Å². The molecule has 0 radical (unpaired) electrons. The van der Waals surface area contributed by atoms with Crippen molar-refractivity contribution in [2.24, 2.45) is 5.73 Å². The maximum atomic E-state index is 11.3. The van der Waals surface area contributed by atoms with Crippen LogP contribution in [0.5, 0.6) is 0 Å². The van der Waals surface area contributed by atoms with Crippen LogP contribution in [0, 0.1) is 0 Å². The van der Waals surface area contributed by atoms with Crippen LogP contribution in [-0.2, 0) is 9.53 Å². The first-order chi connectivity index (χ1) is 6.07. The Morgan fingerprint density at radius 2 is 2.31 bits per heavy atom. The number of nitrogens with two attached hydrogens (primary N) is 1. The molecule has 3 N–H and O–H groups in total. The third-order valence-electron chi connectivity index (χ3n) is 2.28. The molecule has 1 rings (SSSR count). The predicted octanol–water partition coefficient (Wildman–Crippen LogP) is 0.0189. The van der Waals surface area contributed by atoms with E-state index in [1.807, 2.05) is 13.8 Å². The van der Waals surface area contributed by atoms with Crippen molar-refractivity contribution in [3.8, 4) is 0 Å². The van der Waals surface area contributed by atoms with Crippen molar-refractivity contribution >= 4 is 5.91 Å². The molecular formula is C9H18N2O2. The Labute approximate surface area is 78.8 Å². The fraction of sp³-hybridized carbons (Fsp3) is 0.889. The van der Waals surface area contributed by atoms with Gasteiger partial charge in [-0.15, -0.1) is 0 Å². The Morgan fingerprint density at radius 3 is 2.69 bits per heavy atom. The van der Waals surface area contributed by atoms with Crippen LogP contribution in [0.2, 0.25) is 0 Å². The zero-order chi connectivity index (χ0) is 9.90. The van der Waals surface area contributed by atoms with E-state index in [-0.39, 0.29) is 11.9 Å². The fourth-order valence-corrected chi connectivity index (χ4v) is 1.73. The highest BCUT2D eigenvalue weighted by Crippen LogP contribution is 2.19. The molecule has 1 aliphatic heterocycles. The summed E-state index contributed by atoms with van der Waals surface area (Å²) in [5.41, 5.74) is 4.74. The number of hydrogen-bond acceptors (Lipinski definition) is 3. The second-order valence-electron chi connectivity index (χ2n) is 3.90. The second-order valence-corrected chi connectivity index (χ2v) is 3.90. The van der Waals surface area contributed by atoms with E-state index < -0.39 is 5.54 Å². The molecule has 0 saturated carbocycles. The van der Waals surface area contributed by atoms with Crippen LogP contribution in [0.3, 0.4) is 0 Å². The van der Waals surface area contributed by atoms with E-state index in [0.717, 1.165) is 19.4 Å². The lowest BCUT2D eigenvalue weighted by molar-refractivity contribution is -0.130. The summed E-state index contributed by atoms with van der Waals surface area (Å²) in [5, 5.41) is 3.20. The van der Waals surface area contributed by atoms with Crippen LogP contribution < -0.4 is 11.1 Å². The molecule has 4 heteroatoms. The van der Waals surface area contributed by atoms with Crippen molar-refractivity contribution in [3.63, 3.8) is 0 Å². The SMILES string of the molecule is CC(C)NC1(C(N)=O)CCCOC1. The molecule has 0 bridgehead atoms. The normalized spacial score (nSPS) is 29.2. The second kappa shape index (κ2) is 4.07. The van der Waals surface area contributed by atoms with Gasteiger partial charge in [-0.2, -0.15) is 0 Å². The van der Waals surface area contributed by atoms with Crippen LogP contribution >= 0.6 is 0 Å². The number of nitrogens with one attached hydrogen (secondary N) is 1. The van der Waals surface area contributed by atoms with Crippen molar-refractivity contribution in [1.29, 1.82) is 0 Å². The van der Waals surface area contributed by atoms with Crippen LogP contribution in [0.15, 0.2) is 0 Å². The summed E-state index contributed by atoms with van der Waals surface area (Å²) in [6.45, 7) is 5.13. The maximum absolute atomic E-state index is 11.3. The number of amides is 1. The molecule has 76 valence electrons. The molecule has 0 aromatic rings. The maximum Gasteiger partial charge on any atom is 0.240 e. The van der Waals surface area contributed by atoms with Gasteiger partial charge in [0.25, 0.3) is 0 Å². The van der Waals surface area contributed by atoms with Gasteiger partial charge in [0.05, 0.1) is 6.61 Å². The molecule has 1 fully saturated rings. The molecule has 1 heterocycles. The first-order valence-corrected chi connectivity index (χ1v) is 4.72. The van der Waals surface area contributed by atoms with Gasteiger partial charge in [0.2, 0.25) is 5.91 Å². The number of rotatable bonds is 3. The first-order valence-electron chi connectivity index (χ1n) is 4.72. The molecule has 1 aliphatic rings. The number of carbonyl (C=O) groups excluding carboxylic acids is 1. The molecular weight excluding hydrogens is 168 g/mol. The Kier molecular flexibility index (Phi) is 3.27. The van der Waals surface area contributed by atoms with Gasteiger partial charge >= 0.3 is 0 Å². The Bertz CT molecular complexity index is 186. The van der Waals surface area contributed by atoms with Gasteiger partial charge in [-0.1, -0.05) is 0 Å². The van der Waals surface area contributed by atoms with Crippen LogP contribution in [-0.4, -0.2) is 30.7 Å². The summed E-state index contributed by atoms with van der Waals surface area (Å²) in [4.78, 5) is 11.3. The van der Waals surface area contributed by atoms with E-state index in [1.54, 1.807) is 0 Å². The van der Waals surface area contributed by atoms with E-state index in [1.165, 1.54) is 0 Å².